The molecule has 1 saturated heterocycles. The molecule has 1 aromatic heterocycles. The van der Waals surface area contributed by atoms with Crippen molar-refractivity contribution in [1.82, 2.24) is 15.2 Å². The maximum atomic E-state index is 12.7. The second-order valence-electron chi connectivity index (χ2n) is 6.72. The minimum absolute atomic E-state index is 0.227. The summed E-state index contributed by atoms with van der Waals surface area (Å²) < 4.78 is 38.0. The molecule has 1 aliphatic heterocycles. The third-order valence-electron chi connectivity index (χ3n) is 4.95. The van der Waals surface area contributed by atoms with E-state index in [2.05, 4.69) is 57.1 Å². The average Bonchev–Trinajstić information content (AvgIpc) is 3.15. The van der Waals surface area contributed by atoms with Crippen molar-refractivity contribution in [2.24, 2.45) is 4.99 Å². The van der Waals surface area contributed by atoms with Crippen LogP contribution in [0, 0.1) is 13.8 Å². The maximum absolute atomic E-state index is 12.7. The van der Waals surface area contributed by atoms with Gasteiger partial charge in [0.25, 0.3) is 0 Å². The molecule has 0 spiro atoms. The van der Waals surface area contributed by atoms with Crippen LogP contribution in [0.25, 0.3) is 0 Å². The van der Waals surface area contributed by atoms with Crippen LogP contribution in [0.1, 0.15) is 21.8 Å². The standard InChI is InChI=1S/C19H24F3N5S/c1-13-5-4-6-15(14(13)2)26-7-9-27(10-8-26)18(23-3)24-11-17-25-16(12-28-17)19(20,21)22/h4-6,12H,7-11H2,1-3H3,(H,23,24). The molecule has 0 radical (unpaired) electrons. The summed E-state index contributed by atoms with van der Waals surface area (Å²) in [7, 11) is 1.68. The molecular formula is C19H24F3N5S. The highest BCUT2D eigenvalue weighted by molar-refractivity contribution is 7.09. The van der Waals surface area contributed by atoms with Crippen LogP contribution in [0.4, 0.5) is 18.9 Å². The van der Waals surface area contributed by atoms with Gasteiger partial charge in [-0.15, -0.1) is 11.3 Å². The smallest absolute Gasteiger partial charge is 0.368 e. The van der Waals surface area contributed by atoms with Gasteiger partial charge in [0.2, 0.25) is 0 Å². The van der Waals surface area contributed by atoms with E-state index in [1.165, 1.54) is 16.8 Å². The highest BCUT2D eigenvalue weighted by Crippen LogP contribution is 2.30. The van der Waals surface area contributed by atoms with Crippen LogP contribution >= 0.6 is 11.3 Å². The van der Waals surface area contributed by atoms with E-state index in [9.17, 15) is 13.2 Å². The predicted octanol–water partition coefficient (Wildman–Crippen LogP) is 3.68. The first-order chi connectivity index (χ1) is 13.3. The number of hydrogen-bond acceptors (Lipinski definition) is 4. The van der Waals surface area contributed by atoms with E-state index in [1.54, 1.807) is 7.05 Å². The summed E-state index contributed by atoms with van der Waals surface area (Å²) in [6, 6.07) is 6.34. The van der Waals surface area contributed by atoms with Crippen LogP contribution in [-0.4, -0.2) is 49.1 Å². The highest BCUT2D eigenvalue weighted by Gasteiger charge is 2.33. The zero-order chi connectivity index (χ0) is 20.3. The van der Waals surface area contributed by atoms with E-state index in [-0.39, 0.29) is 6.54 Å². The number of aliphatic imine (C=N–C) groups is 1. The molecule has 1 aromatic carbocycles. The fourth-order valence-electron chi connectivity index (χ4n) is 3.25. The lowest BCUT2D eigenvalue weighted by molar-refractivity contribution is -0.140. The zero-order valence-corrected chi connectivity index (χ0v) is 17.0. The van der Waals surface area contributed by atoms with E-state index < -0.39 is 11.9 Å². The molecular weight excluding hydrogens is 387 g/mol. The molecule has 0 atom stereocenters. The number of aromatic nitrogens is 1. The third kappa shape index (κ3) is 4.57. The second kappa shape index (κ2) is 8.38. The molecule has 1 aliphatic rings. The first kappa shape index (κ1) is 20.4. The summed E-state index contributed by atoms with van der Waals surface area (Å²) >= 11 is 1.00. The van der Waals surface area contributed by atoms with Gasteiger partial charge in [0.05, 0.1) is 6.54 Å². The van der Waals surface area contributed by atoms with Gasteiger partial charge in [-0.1, -0.05) is 12.1 Å². The fourth-order valence-corrected chi connectivity index (χ4v) is 3.99. The molecule has 2 heterocycles. The van der Waals surface area contributed by atoms with Crippen LogP contribution in [0.3, 0.4) is 0 Å². The average molecular weight is 411 g/mol. The molecule has 0 bridgehead atoms. The minimum atomic E-state index is -4.40. The van der Waals surface area contributed by atoms with E-state index in [4.69, 9.17) is 0 Å². The van der Waals surface area contributed by atoms with Gasteiger partial charge in [-0.25, -0.2) is 4.98 Å². The van der Waals surface area contributed by atoms with Gasteiger partial charge < -0.3 is 15.1 Å². The lowest BCUT2D eigenvalue weighted by Crippen LogP contribution is -2.52. The van der Waals surface area contributed by atoms with Crippen LogP contribution in [0.2, 0.25) is 0 Å². The molecule has 152 valence electrons. The Labute approximate surface area is 166 Å². The Hall–Kier alpha value is -2.29. The molecule has 1 fully saturated rings. The fraction of sp³-hybridized carbons (Fsp3) is 0.474. The first-order valence-electron chi connectivity index (χ1n) is 9.08. The Morgan fingerprint density at radius 3 is 2.54 bits per heavy atom. The number of anilines is 1. The summed E-state index contributed by atoms with van der Waals surface area (Å²) in [5, 5.41) is 4.57. The van der Waals surface area contributed by atoms with Gasteiger partial charge in [-0.2, -0.15) is 13.2 Å². The first-order valence-corrected chi connectivity index (χ1v) is 9.96. The van der Waals surface area contributed by atoms with Gasteiger partial charge in [-0.05, 0) is 31.0 Å². The number of alkyl halides is 3. The topological polar surface area (TPSA) is 43.8 Å². The highest BCUT2D eigenvalue weighted by atomic mass is 32.1. The lowest BCUT2D eigenvalue weighted by atomic mass is 10.1. The lowest BCUT2D eigenvalue weighted by Gasteiger charge is -2.38. The summed E-state index contributed by atoms with van der Waals surface area (Å²) in [5.41, 5.74) is 2.98. The Morgan fingerprint density at radius 1 is 1.21 bits per heavy atom. The Kier molecular flexibility index (Phi) is 6.12. The number of benzene rings is 1. The molecule has 1 N–H and O–H groups in total. The molecule has 2 aromatic rings. The normalized spacial score (nSPS) is 15.9. The largest absolute Gasteiger partial charge is 0.434 e. The molecule has 0 unspecified atom stereocenters. The second-order valence-corrected chi connectivity index (χ2v) is 7.66. The Bertz CT molecular complexity index is 838. The van der Waals surface area contributed by atoms with Crippen molar-refractivity contribution in [3.05, 3.63) is 45.4 Å². The Morgan fingerprint density at radius 2 is 1.93 bits per heavy atom. The van der Waals surface area contributed by atoms with Gasteiger partial charge >= 0.3 is 6.18 Å². The van der Waals surface area contributed by atoms with Crippen molar-refractivity contribution in [3.63, 3.8) is 0 Å². The summed E-state index contributed by atoms with van der Waals surface area (Å²) in [5.74, 6) is 0.685. The number of thiazole rings is 1. The van der Waals surface area contributed by atoms with Crippen molar-refractivity contribution >= 4 is 23.0 Å². The number of nitrogens with one attached hydrogen (secondary N) is 1. The van der Waals surface area contributed by atoms with Crippen LogP contribution in [0.15, 0.2) is 28.6 Å². The number of nitrogens with zero attached hydrogens (tertiary/aromatic N) is 4. The monoisotopic (exact) mass is 411 g/mol. The van der Waals surface area contributed by atoms with E-state index >= 15 is 0 Å². The van der Waals surface area contributed by atoms with Crippen LogP contribution in [-0.2, 0) is 12.7 Å². The summed E-state index contributed by atoms with van der Waals surface area (Å²) in [6.07, 6.45) is -4.40. The van der Waals surface area contributed by atoms with Gasteiger partial charge in [-0.3, -0.25) is 4.99 Å². The molecule has 3 rings (SSSR count). The SMILES string of the molecule is CN=C(NCc1nc(C(F)(F)F)cs1)N1CCN(c2cccc(C)c2C)CC1. The molecule has 5 nitrogen and oxygen atoms in total. The van der Waals surface area contributed by atoms with Crippen LogP contribution < -0.4 is 10.2 Å². The van der Waals surface area contributed by atoms with E-state index in [0.717, 1.165) is 42.9 Å². The summed E-state index contributed by atoms with van der Waals surface area (Å²) in [6.45, 7) is 7.79. The van der Waals surface area contributed by atoms with Crippen molar-refractivity contribution in [2.45, 2.75) is 26.6 Å². The number of halogens is 3. The van der Waals surface area contributed by atoms with Crippen molar-refractivity contribution in [3.8, 4) is 0 Å². The van der Waals surface area contributed by atoms with Crippen molar-refractivity contribution < 1.29 is 13.2 Å². The van der Waals surface area contributed by atoms with E-state index in [0.29, 0.717) is 11.0 Å². The summed E-state index contributed by atoms with van der Waals surface area (Å²) in [4.78, 5) is 12.4. The van der Waals surface area contributed by atoms with Gasteiger partial charge in [0, 0.05) is 44.3 Å². The molecule has 0 aliphatic carbocycles. The van der Waals surface area contributed by atoms with E-state index in [1.807, 2.05) is 0 Å². The molecule has 28 heavy (non-hydrogen) atoms. The van der Waals surface area contributed by atoms with Crippen LogP contribution in [0.5, 0.6) is 0 Å². The predicted molar refractivity (Wildman–Crippen MR) is 107 cm³/mol. The zero-order valence-electron chi connectivity index (χ0n) is 16.2. The molecule has 0 saturated carbocycles. The van der Waals surface area contributed by atoms with Crippen molar-refractivity contribution in [1.29, 1.82) is 0 Å². The van der Waals surface area contributed by atoms with Crippen molar-refractivity contribution in [2.75, 3.05) is 38.1 Å². The Balaban J connectivity index is 1.57. The third-order valence-corrected chi connectivity index (χ3v) is 5.80. The minimum Gasteiger partial charge on any atom is -0.368 e. The number of rotatable bonds is 3. The van der Waals surface area contributed by atoms with Gasteiger partial charge in [0.1, 0.15) is 5.01 Å². The molecule has 9 heteroatoms. The number of piperazine rings is 1. The molecule has 0 amide bonds. The number of guanidine groups is 1. The quantitative estimate of drug-likeness (QED) is 0.618. The van der Waals surface area contributed by atoms with Gasteiger partial charge in [0.15, 0.2) is 11.7 Å². The maximum Gasteiger partial charge on any atom is 0.434 e. The number of hydrogen-bond donors (Lipinski definition) is 1. The number of aryl methyl sites for hydroxylation is 1.